The molecule has 3 N–H and O–H groups in total. The van der Waals surface area contributed by atoms with E-state index in [0.717, 1.165) is 11.4 Å². The molecule has 2 rings (SSSR count). The van der Waals surface area contributed by atoms with Crippen LogP contribution in [0.2, 0.25) is 0 Å². The third-order valence-corrected chi connectivity index (χ3v) is 2.55. The number of rotatable bonds is 6. The Balaban J connectivity index is 2.24. The van der Waals surface area contributed by atoms with Crippen molar-refractivity contribution in [2.75, 3.05) is 24.3 Å². The summed E-state index contributed by atoms with van der Waals surface area (Å²) in [6, 6.07) is 5.60. The monoisotopic (exact) mass is 274 g/mol. The molecule has 0 fully saturated rings. The maximum Gasteiger partial charge on any atom is 0.163 e. The third-order valence-electron chi connectivity index (χ3n) is 2.55. The van der Waals surface area contributed by atoms with E-state index in [-0.39, 0.29) is 0 Å². The SMILES string of the molecule is CCOc1ccc(Nc2ncncc2N)cc1OCC. The van der Waals surface area contributed by atoms with E-state index < -0.39 is 0 Å². The van der Waals surface area contributed by atoms with Crippen molar-refractivity contribution in [2.24, 2.45) is 0 Å². The zero-order chi connectivity index (χ0) is 14.4. The predicted octanol–water partition coefficient (Wildman–Crippen LogP) is 2.60. The van der Waals surface area contributed by atoms with Gasteiger partial charge in [-0.05, 0) is 26.0 Å². The Hall–Kier alpha value is -2.50. The predicted molar refractivity (Wildman–Crippen MR) is 78.5 cm³/mol. The average Bonchev–Trinajstić information content (AvgIpc) is 2.45. The minimum absolute atomic E-state index is 0.486. The summed E-state index contributed by atoms with van der Waals surface area (Å²) in [5.74, 6) is 1.97. The fourth-order valence-electron chi connectivity index (χ4n) is 1.71. The van der Waals surface area contributed by atoms with E-state index in [4.69, 9.17) is 15.2 Å². The van der Waals surface area contributed by atoms with Gasteiger partial charge in [-0.3, -0.25) is 0 Å². The van der Waals surface area contributed by atoms with Crippen LogP contribution in [0.3, 0.4) is 0 Å². The standard InChI is InChI=1S/C14H18N4O2/c1-3-19-12-6-5-10(7-13(12)20-4-2)18-14-11(15)8-16-9-17-14/h5-9H,3-4,15H2,1-2H3,(H,16,17,18). The third kappa shape index (κ3) is 3.28. The molecule has 0 aliphatic rings. The van der Waals surface area contributed by atoms with E-state index in [1.165, 1.54) is 6.33 Å². The van der Waals surface area contributed by atoms with Crippen molar-refractivity contribution < 1.29 is 9.47 Å². The van der Waals surface area contributed by atoms with Crippen LogP contribution in [0.1, 0.15) is 13.8 Å². The molecule has 0 amide bonds. The number of nitrogens with one attached hydrogen (secondary N) is 1. The first kappa shape index (κ1) is 13.9. The highest BCUT2D eigenvalue weighted by molar-refractivity contribution is 5.69. The maximum atomic E-state index is 5.80. The number of benzene rings is 1. The van der Waals surface area contributed by atoms with Crippen molar-refractivity contribution in [1.29, 1.82) is 0 Å². The van der Waals surface area contributed by atoms with Crippen LogP contribution in [-0.2, 0) is 0 Å². The second kappa shape index (κ2) is 6.60. The largest absolute Gasteiger partial charge is 0.490 e. The molecule has 1 aromatic carbocycles. The van der Waals surface area contributed by atoms with Crippen LogP contribution >= 0.6 is 0 Å². The van der Waals surface area contributed by atoms with Crippen LogP contribution in [0.4, 0.5) is 17.2 Å². The quantitative estimate of drug-likeness (QED) is 0.842. The average molecular weight is 274 g/mol. The fraction of sp³-hybridized carbons (Fsp3) is 0.286. The van der Waals surface area contributed by atoms with Crippen LogP contribution in [0.15, 0.2) is 30.7 Å². The Labute approximate surface area is 118 Å². The number of nitrogens with zero attached hydrogens (tertiary/aromatic N) is 2. The second-order valence-electron chi connectivity index (χ2n) is 3.98. The Morgan fingerprint density at radius 2 is 1.90 bits per heavy atom. The van der Waals surface area contributed by atoms with Gasteiger partial charge < -0.3 is 20.5 Å². The van der Waals surface area contributed by atoms with Gasteiger partial charge in [0, 0.05) is 11.8 Å². The van der Waals surface area contributed by atoms with Gasteiger partial charge >= 0.3 is 0 Å². The van der Waals surface area contributed by atoms with E-state index in [1.54, 1.807) is 6.20 Å². The van der Waals surface area contributed by atoms with Gasteiger partial charge in [-0.15, -0.1) is 0 Å². The molecule has 6 heteroatoms. The molecule has 20 heavy (non-hydrogen) atoms. The van der Waals surface area contributed by atoms with Crippen LogP contribution < -0.4 is 20.5 Å². The molecule has 1 aromatic heterocycles. The molecule has 6 nitrogen and oxygen atoms in total. The first-order chi connectivity index (χ1) is 9.74. The van der Waals surface area contributed by atoms with Gasteiger partial charge in [0.05, 0.1) is 25.1 Å². The molecule has 0 unspecified atom stereocenters. The molecule has 0 bridgehead atoms. The zero-order valence-corrected chi connectivity index (χ0v) is 11.6. The van der Waals surface area contributed by atoms with E-state index >= 15 is 0 Å². The Morgan fingerprint density at radius 1 is 1.15 bits per heavy atom. The maximum absolute atomic E-state index is 5.80. The lowest BCUT2D eigenvalue weighted by Crippen LogP contribution is -2.02. The van der Waals surface area contributed by atoms with Crippen molar-refractivity contribution in [2.45, 2.75) is 13.8 Å². The minimum Gasteiger partial charge on any atom is -0.490 e. The highest BCUT2D eigenvalue weighted by Gasteiger charge is 2.07. The van der Waals surface area contributed by atoms with Crippen molar-refractivity contribution in [1.82, 2.24) is 9.97 Å². The van der Waals surface area contributed by atoms with Crippen LogP contribution in [0, 0.1) is 0 Å². The van der Waals surface area contributed by atoms with E-state index in [1.807, 2.05) is 32.0 Å². The summed E-state index contributed by atoms with van der Waals surface area (Å²) in [5.41, 5.74) is 7.11. The smallest absolute Gasteiger partial charge is 0.163 e. The molecule has 0 saturated heterocycles. The van der Waals surface area contributed by atoms with E-state index in [0.29, 0.717) is 30.5 Å². The Kier molecular flexibility index (Phi) is 4.60. The van der Waals surface area contributed by atoms with Crippen molar-refractivity contribution in [3.05, 3.63) is 30.7 Å². The lowest BCUT2D eigenvalue weighted by Gasteiger charge is -2.13. The van der Waals surface area contributed by atoms with Crippen molar-refractivity contribution in [3.8, 4) is 11.5 Å². The van der Waals surface area contributed by atoms with Gasteiger partial charge in [0.25, 0.3) is 0 Å². The molecule has 106 valence electrons. The molecule has 0 spiro atoms. The number of aromatic nitrogens is 2. The highest BCUT2D eigenvalue weighted by atomic mass is 16.5. The minimum atomic E-state index is 0.486. The van der Waals surface area contributed by atoms with E-state index in [9.17, 15) is 0 Å². The summed E-state index contributed by atoms with van der Waals surface area (Å²) in [7, 11) is 0. The highest BCUT2D eigenvalue weighted by Crippen LogP contribution is 2.32. The van der Waals surface area contributed by atoms with Gasteiger partial charge in [-0.25, -0.2) is 9.97 Å². The molecule has 2 aromatic rings. The molecule has 0 aliphatic heterocycles. The second-order valence-corrected chi connectivity index (χ2v) is 3.98. The van der Waals surface area contributed by atoms with Crippen molar-refractivity contribution >= 4 is 17.2 Å². The van der Waals surface area contributed by atoms with Crippen LogP contribution in [-0.4, -0.2) is 23.2 Å². The summed E-state index contributed by atoms with van der Waals surface area (Å²) in [5, 5.41) is 3.13. The fourth-order valence-corrected chi connectivity index (χ4v) is 1.71. The van der Waals surface area contributed by atoms with Gasteiger partial charge in [0.2, 0.25) is 0 Å². The Morgan fingerprint density at radius 3 is 2.60 bits per heavy atom. The molecule has 0 aliphatic carbocycles. The van der Waals surface area contributed by atoms with Gasteiger partial charge in [0.15, 0.2) is 17.3 Å². The number of hydrogen-bond acceptors (Lipinski definition) is 6. The van der Waals surface area contributed by atoms with Crippen LogP contribution in [0.5, 0.6) is 11.5 Å². The zero-order valence-electron chi connectivity index (χ0n) is 11.6. The van der Waals surface area contributed by atoms with Gasteiger partial charge in [0.1, 0.15) is 6.33 Å². The molecule has 0 saturated carbocycles. The molecule has 1 heterocycles. The molecule has 0 radical (unpaired) electrons. The first-order valence-electron chi connectivity index (χ1n) is 6.46. The van der Waals surface area contributed by atoms with Gasteiger partial charge in [-0.2, -0.15) is 0 Å². The lowest BCUT2D eigenvalue weighted by molar-refractivity contribution is 0.288. The Bertz CT molecular complexity index is 575. The summed E-state index contributed by atoms with van der Waals surface area (Å²) in [6.07, 6.45) is 2.99. The number of hydrogen-bond donors (Lipinski definition) is 2. The molecular formula is C14H18N4O2. The summed E-state index contributed by atoms with van der Waals surface area (Å²) >= 11 is 0. The lowest BCUT2D eigenvalue weighted by atomic mass is 10.2. The van der Waals surface area contributed by atoms with Gasteiger partial charge in [-0.1, -0.05) is 0 Å². The normalized spacial score (nSPS) is 10.1. The number of nitrogens with two attached hydrogens (primary N) is 1. The first-order valence-corrected chi connectivity index (χ1v) is 6.46. The number of anilines is 3. The van der Waals surface area contributed by atoms with E-state index in [2.05, 4.69) is 15.3 Å². The topological polar surface area (TPSA) is 82.3 Å². The molecular weight excluding hydrogens is 256 g/mol. The summed E-state index contributed by atoms with van der Waals surface area (Å²) < 4.78 is 11.1. The number of nitrogen functional groups attached to an aromatic ring is 1. The summed E-state index contributed by atoms with van der Waals surface area (Å²) in [6.45, 7) is 5.02. The summed E-state index contributed by atoms with van der Waals surface area (Å²) in [4.78, 5) is 7.94. The van der Waals surface area contributed by atoms with Crippen LogP contribution in [0.25, 0.3) is 0 Å². The van der Waals surface area contributed by atoms with Crippen molar-refractivity contribution in [3.63, 3.8) is 0 Å². The molecule has 0 atom stereocenters. The number of ether oxygens (including phenoxy) is 2.